The molecule has 8 heteroatoms. The molecule has 2 heterocycles. The molecule has 118 valence electrons. The summed E-state index contributed by atoms with van der Waals surface area (Å²) in [5, 5.41) is 13.4. The number of halogens is 2. The molecule has 0 aliphatic rings. The molecule has 0 atom stereocenters. The van der Waals surface area contributed by atoms with Crippen molar-refractivity contribution in [2.75, 3.05) is 0 Å². The van der Waals surface area contributed by atoms with Crippen molar-refractivity contribution in [3.05, 3.63) is 47.8 Å². The zero-order valence-electron chi connectivity index (χ0n) is 11.9. The van der Waals surface area contributed by atoms with Crippen LogP contribution in [0.1, 0.15) is 16.2 Å². The van der Waals surface area contributed by atoms with Gasteiger partial charge in [0.1, 0.15) is 5.75 Å². The average molecular weight is 319 g/mol. The minimum absolute atomic E-state index is 0.0271. The quantitative estimate of drug-likeness (QED) is 0.800. The summed E-state index contributed by atoms with van der Waals surface area (Å²) in [6.07, 6.45) is 0. The molecule has 23 heavy (non-hydrogen) atoms. The summed E-state index contributed by atoms with van der Waals surface area (Å²) in [5.74, 6) is -1.19. The van der Waals surface area contributed by atoms with Crippen molar-refractivity contribution >= 4 is 11.6 Å². The third-order valence-electron chi connectivity index (χ3n) is 3.12. The average Bonchev–Trinajstić information content (AvgIpc) is 2.85. The number of aryl methyl sites for hydroxylation is 1. The molecule has 0 aliphatic carbocycles. The number of hydrogen-bond donors (Lipinski definition) is 1. The van der Waals surface area contributed by atoms with Crippen molar-refractivity contribution in [1.29, 1.82) is 0 Å². The Hall–Kier alpha value is -3.03. The maximum absolute atomic E-state index is 12.3. The molecule has 0 saturated heterocycles. The van der Waals surface area contributed by atoms with Crippen LogP contribution >= 0.6 is 0 Å². The molecule has 1 aromatic carbocycles. The number of carboxylic acid groups (broad SMARTS) is 1. The molecular formula is C15H11F2N3O3. The fourth-order valence-corrected chi connectivity index (χ4v) is 2.22. The molecule has 2 aromatic heterocycles. The maximum atomic E-state index is 12.3. The summed E-state index contributed by atoms with van der Waals surface area (Å²) in [5.41, 5.74) is 1.70. The molecule has 0 unspecified atom stereocenters. The lowest BCUT2D eigenvalue weighted by Gasteiger charge is -2.08. The molecular weight excluding hydrogens is 308 g/mol. The van der Waals surface area contributed by atoms with Crippen LogP contribution < -0.4 is 4.74 Å². The zero-order valence-corrected chi connectivity index (χ0v) is 11.9. The van der Waals surface area contributed by atoms with Crippen LogP contribution in [0.15, 0.2) is 36.4 Å². The summed E-state index contributed by atoms with van der Waals surface area (Å²) >= 11 is 0. The number of benzene rings is 1. The lowest BCUT2D eigenvalue weighted by Crippen LogP contribution is -2.08. The Morgan fingerprint density at radius 1 is 1.30 bits per heavy atom. The molecule has 0 saturated carbocycles. The van der Waals surface area contributed by atoms with Crippen LogP contribution in [0.25, 0.3) is 16.9 Å². The van der Waals surface area contributed by atoms with E-state index in [1.807, 2.05) is 0 Å². The number of aromatic carboxylic acids is 1. The van der Waals surface area contributed by atoms with E-state index in [0.717, 1.165) is 0 Å². The first-order valence-electron chi connectivity index (χ1n) is 6.60. The number of alkyl halides is 2. The van der Waals surface area contributed by atoms with Crippen LogP contribution in [-0.4, -0.2) is 32.3 Å². The van der Waals surface area contributed by atoms with Gasteiger partial charge in [0, 0.05) is 11.6 Å². The largest absolute Gasteiger partial charge is 0.477 e. The van der Waals surface area contributed by atoms with Gasteiger partial charge in [0.2, 0.25) is 0 Å². The molecule has 0 aliphatic heterocycles. The number of nitrogens with zero attached hydrogens (tertiary/aromatic N) is 3. The summed E-state index contributed by atoms with van der Waals surface area (Å²) in [6.45, 7) is -1.22. The third kappa shape index (κ3) is 2.96. The van der Waals surface area contributed by atoms with E-state index in [0.29, 0.717) is 22.6 Å². The number of carboxylic acids is 1. The fourth-order valence-electron chi connectivity index (χ4n) is 2.22. The molecule has 3 aromatic rings. The Morgan fingerprint density at radius 3 is 2.78 bits per heavy atom. The van der Waals surface area contributed by atoms with Crippen molar-refractivity contribution in [2.24, 2.45) is 0 Å². The standard InChI is InChI=1S/C15H11F2N3O3/c1-8-5-13-18-11(7-12(14(21)22)20(13)19-8)9-3-2-4-10(6-9)23-15(16)17/h2-7,15H,1H3,(H,21,22). The second-order valence-corrected chi connectivity index (χ2v) is 4.79. The lowest BCUT2D eigenvalue weighted by molar-refractivity contribution is -0.0498. The summed E-state index contributed by atoms with van der Waals surface area (Å²) in [4.78, 5) is 15.7. The molecule has 1 N–H and O–H groups in total. The van der Waals surface area contributed by atoms with Gasteiger partial charge in [-0.1, -0.05) is 12.1 Å². The first-order chi connectivity index (χ1) is 10.9. The van der Waals surface area contributed by atoms with E-state index in [1.54, 1.807) is 19.1 Å². The second kappa shape index (κ2) is 5.64. The van der Waals surface area contributed by atoms with Gasteiger partial charge < -0.3 is 9.84 Å². The third-order valence-corrected chi connectivity index (χ3v) is 3.12. The molecule has 0 amide bonds. The predicted molar refractivity (Wildman–Crippen MR) is 76.8 cm³/mol. The number of fused-ring (bicyclic) bond motifs is 1. The Balaban J connectivity index is 2.14. The van der Waals surface area contributed by atoms with Gasteiger partial charge in [0.15, 0.2) is 11.3 Å². The molecule has 0 spiro atoms. The van der Waals surface area contributed by atoms with Crippen molar-refractivity contribution in [1.82, 2.24) is 14.6 Å². The Labute approximate surface area is 129 Å². The first-order valence-corrected chi connectivity index (χ1v) is 6.60. The van der Waals surface area contributed by atoms with E-state index >= 15 is 0 Å². The molecule has 0 bridgehead atoms. The summed E-state index contributed by atoms with van der Waals surface area (Å²) in [6, 6.07) is 8.89. The Kier molecular flexibility index (Phi) is 3.65. The fraction of sp³-hybridized carbons (Fsp3) is 0.133. The number of hydrogen-bond acceptors (Lipinski definition) is 4. The highest BCUT2D eigenvalue weighted by Gasteiger charge is 2.15. The van der Waals surface area contributed by atoms with Gasteiger partial charge in [-0.15, -0.1) is 0 Å². The van der Waals surface area contributed by atoms with Crippen LogP contribution in [0.4, 0.5) is 8.78 Å². The van der Waals surface area contributed by atoms with Gasteiger partial charge in [-0.05, 0) is 25.1 Å². The van der Waals surface area contributed by atoms with Gasteiger partial charge >= 0.3 is 12.6 Å². The highest BCUT2D eigenvalue weighted by Crippen LogP contribution is 2.25. The number of ether oxygens (including phenoxy) is 1. The highest BCUT2D eigenvalue weighted by atomic mass is 19.3. The zero-order chi connectivity index (χ0) is 16.6. The number of carbonyl (C=O) groups is 1. The van der Waals surface area contributed by atoms with Crippen LogP contribution in [-0.2, 0) is 0 Å². The minimum atomic E-state index is -2.94. The van der Waals surface area contributed by atoms with Gasteiger partial charge in [-0.25, -0.2) is 14.3 Å². The van der Waals surface area contributed by atoms with Crippen molar-refractivity contribution in [3.63, 3.8) is 0 Å². The van der Waals surface area contributed by atoms with Crippen LogP contribution in [0, 0.1) is 6.92 Å². The van der Waals surface area contributed by atoms with Crippen LogP contribution in [0.2, 0.25) is 0 Å². The molecule has 0 fully saturated rings. The monoisotopic (exact) mass is 319 g/mol. The van der Waals surface area contributed by atoms with E-state index in [-0.39, 0.29) is 11.4 Å². The Bertz CT molecular complexity index is 893. The van der Waals surface area contributed by atoms with E-state index in [1.165, 1.54) is 28.8 Å². The highest BCUT2D eigenvalue weighted by molar-refractivity contribution is 5.88. The summed E-state index contributed by atoms with van der Waals surface area (Å²) < 4.78 is 30.2. The van der Waals surface area contributed by atoms with Crippen LogP contribution in [0.3, 0.4) is 0 Å². The smallest absolute Gasteiger partial charge is 0.387 e. The molecule has 6 nitrogen and oxygen atoms in total. The molecule has 3 rings (SSSR count). The maximum Gasteiger partial charge on any atom is 0.387 e. The van der Waals surface area contributed by atoms with Gasteiger partial charge in [-0.2, -0.15) is 13.9 Å². The van der Waals surface area contributed by atoms with Gasteiger partial charge in [0.05, 0.1) is 11.4 Å². The van der Waals surface area contributed by atoms with Crippen LogP contribution in [0.5, 0.6) is 5.75 Å². The second-order valence-electron chi connectivity index (χ2n) is 4.79. The van der Waals surface area contributed by atoms with Crippen molar-refractivity contribution in [3.8, 4) is 17.0 Å². The summed E-state index contributed by atoms with van der Waals surface area (Å²) in [7, 11) is 0. The Morgan fingerprint density at radius 2 is 2.09 bits per heavy atom. The van der Waals surface area contributed by atoms with E-state index in [9.17, 15) is 18.7 Å². The van der Waals surface area contributed by atoms with Gasteiger partial charge in [-0.3, -0.25) is 0 Å². The normalized spacial score (nSPS) is 11.1. The van der Waals surface area contributed by atoms with Gasteiger partial charge in [0.25, 0.3) is 0 Å². The van der Waals surface area contributed by atoms with Crippen molar-refractivity contribution < 1.29 is 23.4 Å². The minimum Gasteiger partial charge on any atom is -0.477 e. The number of aromatic nitrogens is 3. The number of rotatable bonds is 4. The first kappa shape index (κ1) is 14.9. The SMILES string of the molecule is Cc1cc2nc(-c3cccc(OC(F)F)c3)cc(C(=O)O)n2n1. The van der Waals surface area contributed by atoms with E-state index in [4.69, 9.17) is 0 Å². The van der Waals surface area contributed by atoms with Crippen molar-refractivity contribution in [2.45, 2.75) is 13.5 Å². The molecule has 0 radical (unpaired) electrons. The van der Waals surface area contributed by atoms with E-state index < -0.39 is 12.6 Å². The predicted octanol–water partition coefficient (Wildman–Crippen LogP) is 3.00. The van der Waals surface area contributed by atoms with E-state index in [2.05, 4.69) is 14.8 Å². The topological polar surface area (TPSA) is 76.7 Å². The lowest BCUT2D eigenvalue weighted by atomic mass is 10.1.